The van der Waals surface area contributed by atoms with Crippen LogP contribution in [-0.2, 0) is 9.59 Å². The number of carbonyl (C=O) groups is 3. The molecule has 3 N–H and O–H groups in total. The maximum absolute atomic E-state index is 12.1. The van der Waals surface area contributed by atoms with Crippen LogP contribution in [0.4, 0.5) is 4.79 Å². The average molecular weight is 301 g/mol. The molecule has 0 aromatic heterocycles. The Morgan fingerprint density at radius 1 is 1.33 bits per heavy atom. The average Bonchev–Trinajstić information content (AvgIpc) is 2.42. The van der Waals surface area contributed by atoms with Gasteiger partial charge in [0.1, 0.15) is 6.04 Å². The lowest BCUT2D eigenvalue weighted by molar-refractivity contribution is -0.140. The fourth-order valence-electron chi connectivity index (χ4n) is 2.33. The number of aliphatic carboxylic acids is 2. The summed E-state index contributed by atoms with van der Waals surface area (Å²) in [5, 5.41) is 20.0. The summed E-state index contributed by atoms with van der Waals surface area (Å²) in [6.07, 6.45) is 1.44. The molecule has 8 heteroatoms. The van der Waals surface area contributed by atoms with Crippen LogP contribution in [0.25, 0.3) is 0 Å². The highest BCUT2D eigenvalue weighted by atomic mass is 16.4. The van der Waals surface area contributed by atoms with Crippen molar-refractivity contribution in [2.75, 3.05) is 27.2 Å². The summed E-state index contributed by atoms with van der Waals surface area (Å²) in [6, 6.07) is -1.36. The van der Waals surface area contributed by atoms with Crippen molar-refractivity contribution in [2.24, 2.45) is 0 Å². The number of hydrogen-bond donors (Lipinski definition) is 3. The number of nitrogens with zero attached hydrogens (tertiary/aromatic N) is 2. The lowest BCUT2D eigenvalue weighted by Crippen LogP contribution is -2.53. The fraction of sp³-hybridized carbons (Fsp3) is 0.769. The Bertz CT molecular complexity index is 399. The van der Waals surface area contributed by atoms with Crippen molar-refractivity contribution < 1.29 is 24.6 Å². The molecule has 1 aliphatic heterocycles. The van der Waals surface area contributed by atoms with Crippen molar-refractivity contribution >= 4 is 18.0 Å². The van der Waals surface area contributed by atoms with Gasteiger partial charge in [-0.3, -0.25) is 4.79 Å². The fourth-order valence-corrected chi connectivity index (χ4v) is 2.33. The van der Waals surface area contributed by atoms with Gasteiger partial charge in [-0.05, 0) is 33.4 Å². The van der Waals surface area contributed by atoms with Gasteiger partial charge in [-0.15, -0.1) is 0 Å². The number of nitrogens with one attached hydrogen (secondary N) is 1. The Kier molecular flexibility index (Phi) is 6.41. The van der Waals surface area contributed by atoms with E-state index in [1.165, 1.54) is 0 Å². The predicted octanol–water partition coefficient (Wildman–Crippen LogP) is 0.0400. The van der Waals surface area contributed by atoms with Crippen molar-refractivity contribution in [2.45, 2.75) is 37.8 Å². The van der Waals surface area contributed by atoms with Crippen molar-refractivity contribution in [3.05, 3.63) is 0 Å². The number of likely N-dealkylation sites (tertiary alicyclic amines) is 1. The number of likely N-dealkylation sites (N-methyl/N-ethyl adjacent to an activating group) is 1. The van der Waals surface area contributed by atoms with E-state index in [2.05, 4.69) is 5.32 Å². The van der Waals surface area contributed by atoms with Crippen molar-refractivity contribution in [1.29, 1.82) is 0 Å². The first-order chi connectivity index (χ1) is 9.81. The monoisotopic (exact) mass is 301 g/mol. The van der Waals surface area contributed by atoms with Crippen LogP contribution in [0.3, 0.4) is 0 Å². The van der Waals surface area contributed by atoms with Crippen LogP contribution >= 0.6 is 0 Å². The van der Waals surface area contributed by atoms with Gasteiger partial charge in [-0.25, -0.2) is 9.59 Å². The lowest BCUT2D eigenvalue weighted by Gasteiger charge is -2.36. The molecule has 1 fully saturated rings. The first-order valence-electron chi connectivity index (χ1n) is 6.97. The van der Waals surface area contributed by atoms with Crippen molar-refractivity contribution in [3.63, 3.8) is 0 Å². The molecule has 0 aliphatic carbocycles. The largest absolute Gasteiger partial charge is 0.481 e. The number of carboxylic acid groups (broad SMARTS) is 2. The number of carboxylic acids is 2. The number of rotatable bonds is 6. The predicted molar refractivity (Wildman–Crippen MR) is 75.1 cm³/mol. The molecule has 120 valence electrons. The van der Waals surface area contributed by atoms with E-state index in [1.807, 2.05) is 19.0 Å². The van der Waals surface area contributed by atoms with E-state index < -0.39 is 24.0 Å². The third kappa shape index (κ3) is 5.58. The molecule has 0 aromatic rings. The second kappa shape index (κ2) is 7.82. The Labute approximate surface area is 123 Å². The third-order valence-electron chi connectivity index (χ3n) is 3.66. The van der Waals surface area contributed by atoms with Gasteiger partial charge in [0.25, 0.3) is 0 Å². The zero-order valence-corrected chi connectivity index (χ0v) is 12.4. The van der Waals surface area contributed by atoms with E-state index in [1.54, 1.807) is 4.90 Å². The molecule has 2 amide bonds. The molecule has 1 heterocycles. The molecule has 0 saturated carbocycles. The lowest BCUT2D eigenvalue weighted by atomic mass is 10.1. The topological polar surface area (TPSA) is 110 Å². The highest BCUT2D eigenvalue weighted by Gasteiger charge is 2.28. The minimum atomic E-state index is -1.22. The first-order valence-corrected chi connectivity index (χ1v) is 6.97. The number of amides is 2. The van der Waals surface area contributed by atoms with Gasteiger partial charge in [0.2, 0.25) is 0 Å². The molecule has 21 heavy (non-hydrogen) atoms. The standard InChI is InChI=1S/C13H23N3O5/c1-15(2)9-4-3-7-16(8-9)13(21)14-10(12(19)20)5-6-11(17)18/h9-10H,3-8H2,1-2H3,(H,14,21)(H,17,18)(H,19,20). The minimum Gasteiger partial charge on any atom is -0.481 e. The van der Waals surface area contributed by atoms with Crippen molar-refractivity contribution in [1.82, 2.24) is 15.1 Å². The summed E-state index contributed by atoms with van der Waals surface area (Å²) < 4.78 is 0. The second-order valence-corrected chi connectivity index (χ2v) is 5.48. The van der Waals surface area contributed by atoms with Gasteiger partial charge < -0.3 is 25.3 Å². The highest BCUT2D eigenvalue weighted by molar-refractivity contribution is 5.83. The van der Waals surface area contributed by atoms with Gasteiger partial charge in [0, 0.05) is 25.6 Å². The molecule has 1 rings (SSSR count). The molecule has 2 atom stereocenters. The van der Waals surface area contributed by atoms with Crippen molar-refractivity contribution in [3.8, 4) is 0 Å². The molecular weight excluding hydrogens is 278 g/mol. The smallest absolute Gasteiger partial charge is 0.326 e. The quantitative estimate of drug-likeness (QED) is 0.639. The van der Waals surface area contributed by atoms with E-state index in [-0.39, 0.29) is 18.9 Å². The summed E-state index contributed by atoms with van der Waals surface area (Å²) >= 11 is 0. The zero-order chi connectivity index (χ0) is 16.0. The van der Waals surface area contributed by atoms with Crippen LogP contribution in [0.15, 0.2) is 0 Å². The van der Waals surface area contributed by atoms with E-state index in [4.69, 9.17) is 10.2 Å². The Morgan fingerprint density at radius 2 is 2.00 bits per heavy atom. The number of hydrogen-bond acceptors (Lipinski definition) is 4. The van der Waals surface area contributed by atoms with E-state index in [0.717, 1.165) is 12.8 Å². The van der Waals surface area contributed by atoms with E-state index in [0.29, 0.717) is 13.1 Å². The molecule has 2 unspecified atom stereocenters. The van der Waals surface area contributed by atoms with E-state index in [9.17, 15) is 14.4 Å². The Morgan fingerprint density at radius 3 is 2.52 bits per heavy atom. The SMILES string of the molecule is CN(C)C1CCCN(C(=O)NC(CCC(=O)O)C(=O)O)C1. The van der Waals surface area contributed by atoms with Gasteiger partial charge >= 0.3 is 18.0 Å². The molecule has 0 bridgehead atoms. The second-order valence-electron chi connectivity index (χ2n) is 5.48. The number of piperidine rings is 1. The zero-order valence-electron chi connectivity index (χ0n) is 12.4. The summed E-state index contributed by atoms with van der Waals surface area (Å²) in [5.74, 6) is -2.30. The van der Waals surface area contributed by atoms with Gasteiger partial charge in [-0.2, -0.15) is 0 Å². The highest BCUT2D eigenvalue weighted by Crippen LogP contribution is 2.14. The molecule has 0 aromatic carbocycles. The minimum absolute atomic E-state index is 0.124. The van der Waals surface area contributed by atoms with Crippen LogP contribution in [-0.4, -0.2) is 77.3 Å². The molecule has 1 saturated heterocycles. The van der Waals surface area contributed by atoms with E-state index >= 15 is 0 Å². The molecule has 0 radical (unpaired) electrons. The Balaban J connectivity index is 2.56. The maximum Gasteiger partial charge on any atom is 0.326 e. The van der Waals surface area contributed by atoms with Gasteiger partial charge in [-0.1, -0.05) is 0 Å². The van der Waals surface area contributed by atoms with Crippen LogP contribution in [0, 0.1) is 0 Å². The maximum atomic E-state index is 12.1. The molecule has 8 nitrogen and oxygen atoms in total. The van der Waals surface area contributed by atoms with Crippen LogP contribution in [0.5, 0.6) is 0 Å². The Hall–Kier alpha value is -1.83. The number of carbonyl (C=O) groups excluding carboxylic acids is 1. The van der Waals surface area contributed by atoms with Crippen LogP contribution in [0.2, 0.25) is 0 Å². The molecule has 1 aliphatic rings. The third-order valence-corrected chi connectivity index (χ3v) is 3.66. The van der Waals surface area contributed by atoms with Gasteiger partial charge in [0.05, 0.1) is 0 Å². The summed E-state index contributed by atoms with van der Waals surface area (Å²) in [7, 11) is 3.89. The summed E-state index contributed by atoms with van der Waals surface area (Å²) in [4.78, 5) is 37.3. The van der Waals surface area contributed by atoms with Crippen LogP contribution < -0.4 is 5.32 Å². The summed E-state index contributed by atoms with van der Waals surface area (Å²) in [6.45, 7) is 1.13. The molecule has 0 spiro atoms. The molecular formula is C13H23N3O5. The van der Waals surface area contributed by atoms with Gasteiger partial charge in [0.15, 0.2) is 0 Å². The van der Waals surface area contributed by atoms with Crippen LogP contribution in [0.1, 0.15) is 25.7 Å². The first kappa shape index (κ1) is 17.2. The normalized spacial score (nSPS) is 20.1. The number of urea groups is 1. The summed E-state index contributed by atoms with van der Waals surface area (Å²) in [5.41, 5.74) is 0.